The zero-order valence-corrected chi connectivity index (χ0v) is 39.1. The molecular formula is C44H68N5O16S+. The van der Waals surface area contributed by atoms with Gasteiger partial charge in [0.25, 0.3) is 10.1 Å². The molecule has 1 atom stereocenters. The fourth-order valence-electron chi connectivity index (χ4n) is 6.55. The van der Waals surface area contributed by atoms with Gasteiger partial charge in [0, 0.05) is 31.5 Å². The number of likely N-dealkylation sites (N-methyl/N-ethyl adjacent to an activating group) is 1. The summed E-state index contributed by atoms with van der Waals surface area (Å²) in [5.41, 5.74) is 4.14. The lowest BCUT2D eigenvalue weighted by Crippen LogP contribution is -2.47. The van der Waals surface area contributed by atoms with Gasteiger partial charge in [0.2, 0.25) is 17.7 Å². The molecule has 0 fully saturated rings. The summed E-state index contributed by atoms with van der Waals surface area (Å²) >= 11 is 0. The fraction of sp³-hybridized carbons (Fsp3) is 0.614. The molecule has 1 aliphatic rings. The highest BCUT2D eigenvalue weighted by atomic mass is 32.2. The molecule has 1 aliphatic carbocycles. The number of carbonyl (C=O) groups excluding carboxylic acids is 5. The van der Waals surface area contributed by atoms with Crippen LogP contribution < -0.4 is 21.3 Å². The number of hydrogen-bond donors (Lipinski definition) is 5. The molecule has 66 heavy (non-hydrogen) atoms. The monoisotopic (exact) mass is 954 g/mol. The number of quaternary nitrogens is 1. The summed E-state index contributed by atoms with van der Waals surface area (Å²) in [7, 11) is 0.939. The van der Waals surface area contributed by atoms with E-state index in [1.54, 1.807) is 0 Å². The number of fused-ring (bicyclic) bond motifs is 3. The van der Waals surface area contributed by atoms with Crippen LogP contribution in [0, 0.1) is 0 Å². The van der Waals surface area contributed by atoms with Gasteiger partial charge >= 0.3 is 12.1 Å². The van der Waals surface area contributed by atoms with Gasteiger partial charge in [-0.3, -0.25) is 23.7 Å². The minimum Gasteiger partial charge on any atom is -0.469 e. The molecule has 1 unspecified atom stereocenters. The number of benzene rings is 2. The first kappa shape index (κ1) is 55.5. The van der Waals surface area contributed by atoms with Gasteiger partial charge in [-0.1, -0.05) is 48.5 Å². The van der Waals surface area contributed by atoms with Crippen molar-refractivity contribution >= 4 is 39.9 Å². The molecule has 2 aromatic carbocycles. The third-order valence-corrected chi connectivity index (χ3v) is 10.9. The summed E-state index contributed by atoms with van der Waals surface area (Å²) in [4.78, 5) is 60.3. The van der Waals surface area contributed by atoms with Gasteiger partial charge in [-0.2, -0.15) is 8.42 Å². The van der Waals surface area contributed by atoms with Gasteiger partial charge < -0.3 is 63.6 Å². The van der Waals surface area contributed by atoms with Crippen LogP contribution in [0.2, 0.25) is 0 Å². The zero-order valence-electron chi connectivity index (χ0n) is 38.3. The molecule has 0 spiro atoms. The third kappa shape index (κ3) is 24.1. The number of alkyl carbamates (subject to hydrolysis) is 1. The van der Waals surface area contributed by atoms with E-state index >= 15 is 0 Å². The van der Waals surface area contributed by atoms with Crippen molar-refractivity contribution in [2.45, 2.75) is 31.2 Å². The maximum absolute atomic E-state index is 12.7. The van der Waals surface area contributed by atoms with E-state index in [-0.39, 0.29) is 116 Å². The topological polar surface area (TPSA) is 262 Å². The van der Waals surface area contributed by atoms with E-state index in [0.717, 1.165) is 28.8 Å². The summed E-state index contributed by atoms with van der Waals surface area (Å²) in [6.07, 6.45) is -0.872. The molecule has 3 rings (SSSR count). The first-order valence-corrected chi connectivity index (χ1v) is 23.5. The highest BCUT2D eigenvalue weighted by Gasteiger charge is 2.30. The number of rotatable bonds is 36. The van der Waals surface area contributed by atoms with Crippen LogP contribution >= 0.6 is 0 Å². The fourth-order valence-corrected chi connectivity index (χ4v) is 7.31. The maximum Gasteiger partial charge on any atom is 0.407 e. The summed E-state index contributed by atoms with van der Waals surface area (Å²) in [5.74, 6) is -2.30. The lowest BCUT2D eigenvalue weighted by molar-refractivity contribution is -0.889. The van der Waals surface area contributed by atoms with Crippen molar-refractivity contribution in [1.29, 1.82) is 0 Å². The molecule has 370 valence electrons. The minimum absolute atomic E-state index is 0.0122. The second-order valence-corrected chi connectivity index (χ2v) is 17.3. The van der Waals surface area contributed by atoms with Crippen molar-refractivity contribution in [3.63, 3.8) is 0 Å². The molecule has 0 aliphatic heterocycles. The molecule has 21 nitrogen and oxygen atoms in total. The molecule has 2 aromatic rings. The summed E-state index contributed by atoms with van der Waals surface area (Å²) in [5, 5.41) is 10.6. The summed E-state index contributed by atoms with van der Waals surface area (Å²) in [6.45, 7) is 4.83. The van der Waals surface area contributed by atoms with Crippen LogP contribution in [0.3, 0.4) is 0 Å². The number of nitrogens with one attached hydrogen (secondary N) is 4. The maximum atomic E-state index is 12.7. The minimum atomic E-state index is -4.48. The molecule has 0 bridgehead atoms. The Balaban J connectivity index is 1.11. The third-order valence-electron chi connectivity index (χ3n) is 10.1. The average Bonchev–Trinajstić information content (AvgIpc) is 3.60. The SMILES string of the molecule is COC(=O)CCOCCOCC[N+](C)(C)CCNC(=O)COCCOCCNC(=O)COCCOCCNC(=O)CCC(CS(=O)(=O)O)NC(=O)OCC1c2ccccc2-c2ccccc21. The Bertz CT molecular complexity index is 1860. The van der Waals surface area contributed by atoms with Crippen molar-refractivity contribution in [3.8, 4) is 11.1 Å². The normalized spacial score (nSPS) is 12.7. The van der Waals surface area contributed by atoms with Gasteiger partial charge in [-0.15, -0.1) is 0 Å². The molecule has 0 saturated heterocycles. The Morgan fingerprint density at radius 1 is 0.636 bits per heavy atom. The van der Waals surface area contributed by atoms with Gasteiger partial charge in [0.1, 0.15) is 26.4 Å². The van der Waals surface area contributed by atoms with E-state index in [1.807, 2.05) is 62.6 Å². The molecule has 22 heteroatoms. The van der Waals surface area contributed by atoms with Gasteiger partial charge in [0.05, 0.1) is 113 Å². The molecule has 4 amide bonds. The zero-order chi connectivity index (χ0) is 48.0. The van der Waals surface area contributed by atoms with Crippen LogP contribution in [0.25, 0.3) is 11.1 Å². The van der Waals surface area contributed by atoms with Crippen molar-refractivity contribution in [2.75, 3.05) is 146 Å². The molecule has 0 aromatic heterocycles. The van der Waals surface area contributed by atoms with Crippen molar-refractivity contribution in [1.82, 2.24) is 21.3 Å². The van der Waals surface area contributed by atoms with E-state index in [1.165, 1.54) is 7.11 Å². The Labute approximate surface area is 387 Å². The number of methoxy groups -OCH3 is 1. The first-order valence-electron chi connectivity index (χ1n) is 21.9. The molecule has 0 radical (unpaired) electrons. The number of esters is 1. The Kier molecular flexibility index (Phi) is 26.3. The average molecular weight is 955 g/mol. The smallest absolute Gasteiger partial charge is 0.407 e. The van der Waals surface area contributed by atoms with Crippen LogP contribution in [0.5, 0.6) is 0 Å². The number of ether oxygens (including phenoxy) is 8. The lowest BCUT2D eigenvalue weighted by Gasteiger charge is -2.29. The van der Waals surface area contributed by atoms with Crippen molar-refractivity contribution in [3.05, 3.63) is 59.7 Å². The van der Waals surface area contributed by atoms with Gasteiger partial charge in [0.15, 0.2) is 0 Å². The number of carbonyl (C=O) groups is 5. The van der Waals surface area contributed by atoms with Crippen LogP contribution in [0.15, 0.2) is 48.5 Å². The molecule has 0 saturated carbocycles. The van der Waals surface area contributed by atoms with Crippen LogP contribution in [0.1, 0.15) is 36.3 Å². The van der Waals surface area contributed by atoms with E-state index in [0.29, 0.717) is 44.0 Å². The first-order chi connectivity index (χ1) is 31.7. The van der Waals surface area contributed by atoms with E-state index in [4.69, 9.17) is 33.2 Å². The second kappa shape index (κ2) is 31.2. The molecule has 5 N–H and O–H groups in total. The Hall–Kier alpha value is -4.78. The van der Waals surface area contributed by atoms with Crippen molar-refractivity contribution < 1.29 is 79.3 Å². The van der Waals surface area contributed by atoms with Gasteiger partial charge in [-0.05, 0) is 28.7 Å². The number of amides is 4. The second-order valence-electron chi connectivity index (χ2n) is 15.8. The predicted molar refractivity (Wildman–Crippen MR) is 240 cm³/mol. The Morgan fingerprint density at radius 3 is 1.70 bits per heavy atom. The van der Waals surface area contributed by atoms with E-state index < -0.39 is 33.9 Å². The van der Waals surface area contributed by atoms with Crippen LogP contribution in [-0.4, -0.2) is 199 Å². The van der Waals surface area contributed by atoms with Crippen molar-refractivity contribution in [2.24, 2.45) is 0 Å². The number of hydrogen-bond acceptors (Lipinski definition) is 15. The predicted octanol–water partition coefficient (Wildman–Crippen LogP) is 0.649. The van der Waals surface area contributed by atoms with Gasteiger partial charge in [-0.25, -0.2) is 4.79 Å². The Morgan fingerprint density at radius 2 is 1.14 bits per heavy atom. The van der Waals surface area contributed by atoms with Crippen LogP contribution in [0.4, 0.5) is 4.79 Å². The number of nitrogens with zero attached hydrogens (tertiary/aromatic N) is 1. The standard InChI is InChI=1S/C44H67N5O16S/c1-49(2,19-23-62-25-24-59-20-14-43(53)58-3)18-15-45-41(51)31-63-28-27-61-22-17-47-42(52)32-64-29-26-60-21-16-46-40(50)13-12-34(33-66(55,56)57)48-44(54)65-30-39-37-10-6-4-8-35(37)36-9-5-7-11-38(36)39/h4-11,34,39H,12-33H2,1-3H3,(H4-,45,46,47,48,50,51,52,54,55,56,57)/p+1. The summed E-state index contributed by atoms with van der Waals surface area (Å²) < 4.78 is 75.9. The lowest BCUT2D eigenvalue weighted by atomic mass is 9.98. The molecule has 0 heterocycles. The largest absolute Gasteiger partial charge is 0.469 e. The summed E-state index contributed by atoms with van der Waals surface area (Å²) in [6, 6.07) is 14.6. The highest BCUT2D eigenvalue weighted by Crippen LogP contribution is 2.44. The van der Waals surface area contributed by atoms with Crippen LogP contribution in [-0.2, 0) is 67.2 Å². The van der Waals surface area contributed by atoms with E-state index in [2.05, 4.69) is 26.0 Å². The highest BCUT2D eigenvalue weighted by molar-refractivity contribution is 7.85. The quantitative estimate of drug-likeness (QED) is 0.0272. The molecular weight excluding hydrogens is 887 g/mol. The van der Waals surface area contributed by atoms with E-state index in [9.17, 15) is 36.9 Å².